The lowest BCUT2D eigenvalue weighted by atomic mass is 10.0. The molecule has 1 fully saturated rings. The number of aryl methyl sites for hydroxylation is 1. The number of carbonyl (C=O) groups excluding carboxylic acids is 1. The molecule has 29 heavy (non-hydrogen) atoms. The molecule has 4 rings (SSSR count). The number of alkyl halides is 3. The van der Waals surface area contributed by atoms with Crippen LogP contribution in [0.1, 0.15) is 48.8 Å². The smallest absolute Gasteiger partial charge is 0.341 e. The predicted octanol–water partition coefficient (Wildman–Crippen LogP) is 2.15. The van der Waals surface area contributed by atoms with Crippen LogP contribution in [-0.4, -0.2) is 43.2 Å². The van der Waals surface area contributed by atoms with Gasteiger partial charge >= 0.3 is 11.9 Å². The highest BCUT2D eigenvalue weighted by Gasteiger charge is 2.37. The molecule has 2 aromatic rings. The summed E-state index contributed by atoms with van der Waals surface area (Å²) in [5.41, 5.74) is -2.59. The molecular formula is C18H19F4N5O2. The zero-order valence-electron chi connectivity index (χ0n) is 15.5. The van der Waals surface area contributed by atoms with Crippen LogP contribution >= 0.6 is 0 Å². The minimum absolute atomic E-state index is 0.139. The van der Waals surface area contributed by atoms with Gasteiger partial charge in [-0.15, -0.1) is 0 Å². The predicted molar refractivity (Wildman–Crippen MR) is 92.6 cm³/mol. The highest BCUT2D eigenvalue weighted by molar-refractivity contribution is 5.80. The number of nitrogens with zero attached hydrogens (tertiary/aromatic N) is 5. The largest absolute Gasteiger partial charge is 0.436 e. The van der Waals surface area contributed by atoms with Crippen molar-refractivity contribution in [2.45, 2.75) is 50.9 Å². The zero-order chi connectivity index (χ0) is 20.8. The van der Waals surface area contributed by atoms with Gasteiger partial charge in [0.25, 0.3) is 0 Å². The van der Waals surface area contributed by atoms with Gasteiger partial charge in [-0.25, -0.2) is 18.9 Å². The first-order chi connectivity index (χ1) is 13.8. The third kappa shape index (κ3) is 3.53. The Morgan fingerprint density at radius 1 is 1.21 bits per heavy atom. The van der Waals surface area contributed by atoms with Gasteiger partial charge < -0.3 is 4.90 Å². The molecule has 0 N–H and O–H groups in total. The summed E-state index contributed by atoms with van der Waals surface area (Å²) >= 11 is 0. The molecule has 11 heteroatoms. The molecule has 4 heterocycles. The summed E-state index contributed by atoms with van der Waals surface area (Å²) < 4.78 is 55.2. The number of hydrogen-bond acceptors (Lipinski definition) is 4. The Labute approximate surface area is 162 Å². The van der Waals surface area contributed by atoms with E-state index in [1.807, 2.05) is 0 Å². The molecule has 1 atom stereocenters. The number of hydrogen-bond donors (Lipinski definition) is 0. The van der Waals surface area contributed by atoms with E-state index in [2.05, 4.69) is 10.1 Å². The van der Waals surface area contributed by atoms with Crippen LogP contribution in [0.4, 0.5) is 17.6 Å². The molecule has 0 saturated carbocycles. The molecule has 0 spiro atoms. The Morgan fingerprint density at radius 3 is 2.62 bits per heavy atom. The van der Waals surface area contributed by atoms with Crippen molar-refractivity contribution < 1.29 is 22.4 Å². The van der Waals surface area contributed by atoms with Crippen molar-refractivity contribution in [2.75, 3.05) is 13.1 Å². The molecule has 0 aliphatic carbocycles. The van der Waals surface area contributed by atoms with Crippen molar-refractivity contribution in [3.8, 4) is 0 Å². The molecule has 2 aliphatic rings. The minimum Gasteiger partial charge on any atom is -0.341 e. The molecular weight excluding hydrogens is 394 g/mol. The van der Waals surface area contributed by atoms with Gasteiger partial charge in [0.2, 0.25) is 5.91 Å². The Bertz CT molecular complexity index is 991. The number of halogens is 4. The number of aromatic nitrogens is 4. The van der Waals surface area contributed by atoms with Gasteiger partial charge in [0.05, 0.1) is 6.54 Å². The van der Waals surface area contributed by atoms with Crippen molar-refractivity contribution in [3.63, 3.8) is 0 Å². The fourth-order valence-electron chi connectivity index (χ4n) is 3.98. The van der Waals surface area contributed by atoms with E-state index in [0.29, 0.717) is 38.2 Å². The van der Waals surface area contributed by atoms with Crippen LogP contribution in [0, 0.1) is 5.82 Å². The number of likely N-dealkylation sites (tertiary alicyclic amines) is 1. The van der Waals surface area contributed by atoms with Gasteiger partial charge in [-0.05, 0) is 31.7 Å². The first-order valence-corrected chi connectivity index (χ1v) is 9.45. The van der Waals surface area contributed by atoms with Crippen LogP contribution in [0.5, 0.6) is 0 Å². The van der Waals surface area contributed by atoms with Crippen molar-refractivity contribution in [2.24, 2.45) is 0 Å². The summed E-state index contributed by atoms with van der Waals surface area (Å²) in [6.07, 6.45) is -0.616. The lowest BCUT2D eigenvalue weighted by Crippen LogP contribution is -2.41. The quantitative estimate of drug-likeness (QED) is 0.723. The number of pyridine rings is 1. The van der Waals surface area contributed by atoms with Gasteiger partial charge in [-0.1, -0.05) is 0 Å². The maximum Gasteiger partial charge on any atom is 0.436 e. The first kappa shape index (κ1) is 19.6. The highest BCUT2D eigenvalue weighted by Crippen LogP contribution is 2.31. The van der Waals surface area contributed by atoms with Crippen molar-refractivity contribution >= 4 is 5.91 Å². The highest BCUT2D eigenvalue weighted by atomic mass is 19.4. The second-order valence-electron chi connectivity index (χ2n) is 7.30. The standard InChI is InChI=1S/C18H19F4N5O2/c19-14-11(6-7-23-15(14)18(20,21)22)10-26-17(29)27-12(4-3-5-13(27)24-26)16(28)25-8-1-2-9-25/h6-7,12H,1-5,8-10H2/t12-/m0/s1. The van der Waals surface area contributed by atoms with Crippen molar-refractivity contribution in [3.05, 3.63) is 45.6 Å². The van der Waals surface area contributed by atoms with E-state index in [9.17, 15) is 27.2 Å². The average Bonchev–Trinajstić information content (AvgIpc) is 3.31. The van der Waals surface area contributed by atoms with Gasteiger partial charge in [-0.3, -0.25) is 9.36 Å². The summed E-state index contributed by atoms with van der Waals surface area (Å²) in [5, 5.41) is 4.17. The number of rotatable bonds is 3. The lowest BCUT2D eigenvalue weighted by Gasteiger charge is -2.27. The van der Waals surface area contributed by atoms with E-state index in [1.54, 1.807) is 4.90 Å². The molecule has 156 valence electrons. The molecule has 0 unspecified atom stereocenters. The Morgan fingerprint density at radius 2 is 1.93 bits per heavy atom. The second kappa shape index (κ2) is 7.27. The molecule has 2 aliphatic heterocycles. The molecule has 0 aromatic carbocycles. The minimum atomic E-state index is -4.94. The average molecular weight is 413 g/mol. The monoisotopic (exact) mass is 413 g/mol. The van der Waals surface area contributed by atoms with Gasteiger partial charge in [0.1, 0.15) is 11.9 Å². The second-order valence-corrected chi connectivity index (χ2v) is 7.30. The van der Waals surface area contributed by atoms with Crippen LogP contribution in [0.3, 0.4) is 0 Å². The first-order valence-electron chi connectivity index (χ1n) is 9.45. The SMILES string of the molecule is O=C([C@@H]1CCCc2nn(Cc3ccnc(C(F)(F)F)c3F)c(=O)n21)N1CCCC1. The molecule has 0 bridgehead atoms. The summed E-state index contributed by atoms with van der Waals surface area (Å²) in [7, 11) is 0. The number of fused-ring (bicyclic) bond motifs is 1. The van der Waals surface area contributed by atoms with Crippen LogP contribution in [-0.2, 0) is 23.9 Å². The summed E-state index contributed by atoms with van der Waals surface area (Å²) in [6.45, 7) is 0.826. The third-order valence-electron chi connectivity index (χ3n) is 5.39. The molecule has 1 saturated heterocycles. The topological polar surface area (TPSA) is 73.0 Å². The van der Waals surface area contributed by atoms with Crippen molar-refractivity contribution in [1.82, 2.24) is 24.2 Å². The van der Waals surface area contributed by atoms with E-state index in [1.165, 1.54) is 4.57 Å². The van der Waals surface area contributed by atoms with Gasteiger partial charge in [0, 0.05) is 31.3 Å². The fraction of sp³-hybridized carbons (Fsp3) is 0.556. The van der Waals surface area contributed by atoms with E-state index >= 15 is 0 Å². The van der Waals surface area contributed by atoms with Crippen LogP contribution < -0.4 is 5.69 Å². The van der Waals surface area contributed by atoms with E-state index < -0.39 is 36.0 Å². The summed E-state index contributed by atoms with van der Waals surface area (Å²) in [4.78, 5) is 30.5. The Kier molecular flexibility index (Phi) is 4.91. The van der Waals surface area contributed by atoms with Crippen LogP contribution in [0.15, 0.2) is 17.1 Å². The van der Waals surface area contributed by atoms with Crippen molar-refractivity contribution in [1.29, 1.82) is 0 Å². The maximum absolute atomic E-state index is 14.3. The van der Waals surface area contributed by atoms with E-state index in [-0.39, 0.29) is 11.5 Å². The molecule has 2 aromatic heterocycles. The normalized spacial score (nSPS) is 19.4. The summed E-state index contributed by atoms with van der Waals surface area (Å²) in [6, 6.07) is 0.411. The maximum atomic E-state index is 14.3. The zero-order valence-corrected chi connectivity index (χ0v) is 15.5. The van der Waals surface area contributed by atoms with Crippen LogP contribution in [0.2, 0.25) is 0 Å². The van der Waals surface area contributed by atoms with Gasteiger partial charge in [-0.2, -0.15) is 18.3 Å². The number of amides is 1. The van der Waals surface area contributed by atoms with Gasteiger partial charge in [0.15, 0.2) is 11.5 Å². The molecule has 7 nitrogen and oxygen atoms in total. The number of carbonyl (C=O) groups is 1. The fourth-order valence-corrected chi connectivity index (χ4v) is 3.98. The molecule has 1 amide bonds. The third-order valence-corrected chi connectivity index (χ3v) is 5.39. The Balaban J connectivity index is 1.67. The Hall–Kier alpha value is -2.72. The molecule has 0 radical (unpaired) electrons. The summed E-state index contributed by atoms with van der Waals surface area (Å²) in [5.74, 6) is -1.27. The van der Waals surface area contributed by atoms with E-state index in [4.69, 9.17) is 0 Å². The lowest BCUT2D eigenvalue weighted by molar-refractivity contribution is -0.143. The van der Waals surface area contributed by atoms with Crippen LogP contribution in [0.25, 0.3) is 0 Å². The van der Waals surface area contributed by atoms with E-state index in [0.717, 1.165) is 29.8 Å².